The van der Waals surface area contributed by atoms with E-state index in [2.05, 4.69) is 45.6 Å². The number of carbonyl (C=O) groups is 1. The van der Waals surface area contributed by atoms with Crippen LogP contribution in [0.1, 0.15) is 61.3 Å². The number of rotatable bonds is 4. The third-order valence-corrected chi connectivity index (χ3v) is 8.43. The molecule has 3 fully saturated rings. The van der Waals surface area contributed by atoms with Gasteiger partial charge in [-0.3, -0.25) is 14.6 Å². The van der Waals surface area contributed by atoms with E-state index in [1.165, 1.54) is 39.0 Å². The Morgan fingerprint density at radius 1 is 1.03 bits per heavy atom. The molecule has 1 unspecified atom stereocenters. The van der Waals surface area contributed by atoms with Crippen molar-refractivity contribution in [3.8, 4) is 0 Å². The zero-order valence-corrected chi connectivity index (χ0v) is 20.8. The Hall–Kier alpha value is -1.57. The van der Waals surface area contributed by atoms with Crippen molar-refractivity contribution in [3.63, 3.8) is 0 Å². The van der Waals surface area contributed by atoms with Gasteiger partial charge in [0.1, 0.15) is 6.33 Å². The molecule has 7 heteroatoms. The molecule has 4 heterocycles. The van der Waals surface area contributed by atoms with E-state index in [0.29, 0.717) is 11.6 Å². The molecule has 3 saturated heterocycles. The average molecular weight is 443 g/mol. The molecule has 4 rings (SSSR count). The van der Waals surface area contributed by atoms with Gasteiger partial charge in [0, 0.05) is 50.8 Å². The molecule has 0 N–H and O–H groups in total. The number of carbonyl (C=O) groups excluding carboxylic acids is 1. The van der Waals surface area contributed by atoms with Gasteiger partial charge in [-0.1, -0.05) is 0 Å². The molecule has 1 aromatic rings. The molecular formula is C25H42N6O. The average Bonchev–Trinajstić information content (AvgIpc) is 2.77. The van der Waals surface area contributed by atoms with Crippen molar-refractivity contribution in [3.05, 3.63) is 23.3 Å². The van der Waals surface area contributed by atoms with Crippen LogP contribution in [0.15, 0.2) is 6.33 Å². The van der Waals surface area contributed by atoms with Gasteiger partial charge in [0.2, 0.25) is 0 Å². The lowest BCUT2D eigenvalue weighted by Crippen LogP contribution is -2.62. The molecule has 0 spiro atoms. The minimum atomic E-state index is 0.0963. The first-order valence-electron chi connectivity index (χ1n) is 12.5. The zero-order chi connectivity index (χ0) is 22.9. The Balaban J connectivity index is 1.30. The normalized spacial score (nSPS) is 26.4. The fourth-order valence-corrected chi connectivity index (χ4v) is 5.90. The maximum Gasteiger partial charge on any atom is 0.257 e. The maximum absolute atomic E-state index is 13.2. The van der Waals surface area contributed by atoms with Gasteiger partial charge in [0.25, 0.3) is 5.91 Å². The first kappa shape index (κ1) is 23.6. The Kier molecular flexibility index (Phi) is 7.18. The number of hydrogen-bond acceptors (Lipinski definition) is 6. The summed E-state index contributed by atoms with van der Waals surface area (Å²) < 4.78 is 0. The van der Waals surface area contributed by atoms with Crippen molar-refractivity contribution in [1.82, 2.24) is 29.6 Å². The molecule has 1 amide bonds. The maximum atomic E-state index is 13.2. The lowest BCUT2D eigenvalue weighted by molar-refractivity contribution is -0.0228. The van der Waals surface area contributed by atoms with Crippen molar-refractivity contribution >= 4 is 5.91 Å². The van der Waals surface area contributed by atoms with E-state index in [0.717, 1.165) is 56.3 Å². The van der Waals surface area contributed by atoms with Crippen LogP contribution >= 0.6 is 0 Å². The van der Waals surface area contributed by atoms with Crippen LogP contribution in [0.5, 0.6) is 0 Å². The van der Waals surface area contributed by atoms with Crippen LogP contribution in [-0.4, -0.2) is 106 Å². The smallest absolute Gasteiger partial charge is 0.257 e. The molecule has 0 bridgehead atoms. The summed E-state index contributed by atoms with van der Waals surface area (Å²) in [4.78, 5) is 31.6. The summed E-state index contributed by atoms with van der Waals surface area (Å²) in [5, 5.41) is 0. The highest BCUT2D eigenvalue weighted by molar-refractivity contribution is 5.96. The Bertz CT molecular complexity index is 777. The topological polar surface area (TPSA) is 55.8 Å². The summed E-state index contributed by atoms with van der Waals surface area (Å²) in [5.74, 6) is 0.956. The van der Waals surface area contributed by atoms with Gasteiger partial charge in [-0.05, 0) is 79.4 Å². The highest BCUT2D eigenvalue weighted by Gasteiger charge is 2.40. The number of aromatic nitrogens is 2. The quantitative estimate of drug-likeness (QED) is 0.714. The summed E-state index contributed by atoms with van der Waals surface area (Å²) in [7, 11) is 2.24. The highest BCUT2D eigenvalue weighted by atomic mass is 16.2. The standard InChI is InChI=1S/C25H42N6O/c1-19-16-31(15-14-30(19)17-22-6-10-28(5)11-7-22)25(4)8-12-29(13-9-25)24(32)23-20(2)26-18-27-21(23)3/h18-19,22H,6-17H2,1-5H3. The number of amides is 1. The van der Waals surface area contributed by atoms with Crippen molar-refractivity contribution in [2.24, 2.45) is 5.92 Å². The zero-order valence-electron chi connectivity index (χ0n) is 20.8. The van der Waals surface area contributed by atoms with E-state index in [-0.39, 0.29) is 11.4 Å². The minimum absolute atomic E-state index is 0.0963. The summed E-state index contributed by atoms with van der Waals surface area (Å²) in [5.41, 5.74) is 2.44. The number of piperidine rings is 2. The SMILES string of the molecule is Cc1ncnc(C)c1C(=O)N1CCC(C)(N2CCN(CC3CCN(C)CC3)C(C)C2)CC1. The van der Waals surface area contributed by atoms with Gasteiger partial charge in [0.15, 0.2) is 0 Å². The van der Waals surface area contributed by atoms with Crippen molar-refractivity contribution in [2.45, 2.75) is 65.0 Å². The van der Waals surface area contributed by atoms with E-state index in [4.69, 9.17) is 0 Å². The van der Waals surface area contributed by atoms with Crippen LogP contribution in [0.2, 0.25) is 0 Å². The molecule has 7 nitrogen and oxygen atoms in total. The van der Waals surface area contributed by atoms with E-state index in [9.17, 15) is 4.79 Å². The van der Waals surface area contributed by atoms with Gasteiger partial charge >= 0.3 is 0 Å². The van der Waals surface area contributed by atoms with Crippen LogP contribution in [0.4, 0.5) is 0 Å². The first-order valence-corrected chi connectivity index (χ1v) is 12.5. The molecule has 1 atom stereocenters. The summed E-state index contributed by atoms with van der Waals surface area (Å²) >= 11 is 0. The van der Waals surface area contributed by atoms with E-state index in [1.54, 1.807) is 6.33 Å². The Labute approximate surface area is 194 Å². The molecule has 3 aliphatic heterocycles. The van der Waals surface area contributed by atoms with Crippen LogP contribution in [0.3, 0.4) is 0 Å². The summed E-state index contributed by atoms with van der Waals surface area (Å²) in [6.45, 7) is 17.5. The molecule has 178 valence electrons. The Morgan fingerprint density at radius 2 is 1.66 bits per heavy atom. The number of hydrogen-bond donors (Lipinski definition) is 0. The van der Waals surface area contributed by atoms with E-state index in [1.807, 2.05) is 18.7 Å². The third-order valence-electron chi connectivity index (χ3n) is 8.43. The molecule has 32 heavy (non-hydrogen) atoms. The Morgan fingerprint density at radius 3 is 2.25 bits per heavy atom. The minimum Gasteiger partial charge on any atom is -0.338 e. The van der Waals surface area contributed by atoms with Gasteiger partial charge in [-0.2, -0.15) is 0 Å². The largest absolute Gasteiger partial charge is 0.338 e. The van der Waals surface area contributed by atoms with Crippen LogP contribution in [0.25, 0.3) is 0 Å². The predicted octanol–water partition coefficient (Wildman–Crippen LogP) is 2.44. The predicted molar refractivity (Wildman–Crippen MR) is 128 cm³/mol. The second kappa shape index (κ2) is 9.74. The van der Waals surface area contributed by atoms with E-state index >= 15 is 0 Å². The molecule has 0 aromatic carbocycles. The van der Waals surface area contributed by atoms with Crippen LogP contribution in [-0.2, 0) is 0 Å². The number of likely N-dealkylation sites (tertiary alicyclic amines) is 2. The van der Waals surface area contributed by atoms with Crippen molar-refractivity contribution in [1.29, 1.82) is 0 Å². The highest BCUT2D eigenvalue weighted by Crippen LogP contribution is 2.32. The fraction of sp³-hybridized carbons (Fsp3) is 0.800. The summed E-state index contributed by atoms with van der Waals surface area (Å²) in [6, 6.07) is 0.603. The molecule has 0 saturated carbocycles. The number of nitrogens with zero attached hydrogens (tertiary/aromatic N) is 6. The molecule has 3 aliphatic rings. The molecule has 1 aromatic heterocycles. The third kappa shape index (κ3) is 5.00. The van der Waals surface area contributed by atoms with Crippen molar-refractivity contribution < 1.29 is 4.79 Å². The molecular weight excluding hydrogens is 400 g/mol. The number of piperazine rings is 1. The summed E-state index contributed by atoms with van der Waals surface area (Å²) in [6.07, 6.45) is 6.30. The van der Waals surface area contributed by atoms with E-state index < -0.39 is 0 Å². The first-order chi connectivity index (χ1) is 15.3. The number of aryl methyl sites for hydroxylation is 2. The van der Waals surface area contributed by atoms with Crippen LogP contribution < -0.4 is 0 Å². The second-order valence-electron chi connectivity index (χ2n) is 10.7. The van der Waals surface area contributed by atoms with Crippen molar-refractivity contribution in [2.75, 3.05) is 59.4 Å². The van der Waals surface area contributed by atoms with Gasteiger partial charge < -0.3 is 9.80 Å². The van der Waals surface area contributed by atoms with Gasteiger partial charge in [0.05, 0.1) is 17.0 Å². The fourth-order valence-electron chi connectivity index (χ4n) is 5.90. The lowest BCUT2D eigenvalue weighted by Gasteiger charge is -2.52. The molecule has 0 radical (unpaired) electrons. The van der Waals surface area contributed by atoms with Gasteiger partial charge in [-0.25, -0.2) is 9.97 Å². The van der Waals surface area contributed by atoms with Crippen LogP contribution in [0, 0.1) is 19.8 Å². The monoisotopic (exact) mass is 442 g/mol. The second-order valence-corrected chi connectivity index (χ2v) is 10.7. The molecule has 0 aliphatic carbocycles. The lowest BCUT2D eigenvalue weighted by atomic mass is 9.86. The van der Waals surface area contributed by atoms with Gasteiger partial charge in [-0.15, -0.1) is 0 Å².